The molecule has 216 valence electrons. The molecule has 0 amide bonds. The topological polar surface area (TPSA) is 146 Å². The lowest BCUT2D eigenvalue weighted by Crippen LogP contribution is -2.41. The van der Waals surface area contributed by atoms with E-state index in [2.05, 4.69) is 4.98 Å². The van der Waals surface area contributed by atoms with Crippen molar-refractivity contribution >= 4 is 18.0 Å². The Morgan fingerprint density at radius 3 is 2.24 bits per heavy atom. The number of aliphatic hydroxyl groups excluding tert-OH is 2. The second-order valence-electron chi connectivity index (χ2n) is 9.53. The molecule has 0 spiro atoms. The maximum atomic E-state index is 13.0. The van der Waals surface area contributed by atoms with Gasteiger partial charge in [-0.25, -0.2) is 14.4 Å². The summed E-state index contributed by atoms with van der Waals surface area (Å²) in [5.74, 6) is -1.26. The van der Waals surface area contributed by atoms with E-state index in [0.29, 0.717) is 17.5 Å². The molecule has 1 unspecified atom stereocenters. The Labute approximate surface area is 236 Å². The molecule has 0 saturated carbocycles. The van der Waals surface area contributed by atoms with Gasteiger partial charge in [0, 0.05) is 25.8 Å². The van der Waals surface area contributed by atoms with E-state index in [0.717, 1.165) is 0 Å². The second-order valence-corrected chi connectivity index (χ2v) is 9.53. The van der Waals surface area contributed by atoms with Gasteiger partial charge in [-0.05, 0) is 43.7 Å². The third-order valence-corrected chi connectivity index (χ3v) is 6.46. The fourth-order valence-corrected chi connectivity index (χ4v) is 4.34. The fourth-order valence-electron chi connectivity index (χ4n) is 4.34. The molecule has 41 heavy (non-hydrogen) atoms. The summed E-state index contributed by atoms with van der Waals surface area (Å²) in [5, 5.41) is 19.5. The van der Waals surface area contributed by atoms with Crippen LogP contribution in [0.5, 0.6) is 0 Å². The molecule has 2 aromatic carbocycles. The van der Waals surface area contributed by atoms with Gasteiger partial charge in [-0.15, -0.1) is 0 Å². The van der Waals surface area contributed by atoms with E-state index in [4.69, 9.17) is 18.9 Å². The molecule has 11 heteroatoms. The third-order valence-electron chi connectivity index (χ3n) is 6.46. The minimum atomic E-state index is -1.07. The number of carbonyl (C=O) groups excluding carboxylic acids is 2. The number of allylic oxidation sites excluding steroid dienone is 1. The van der Waals surface area contributed by atoms with Crippen molar-refractivity contribution in [1.82, 2.24) is 9.55 Å². The minimum absolute atomic E-state index is 0.0318. The first-order valence-corrected chi connectivity index (χ1v) is 13.1. The second kappa shape index (κ2) is 13.8. The number of ether oxygens (including phenoxy) is 4. The number of benzene rings is 2. The smallest absolute Gasteiger partial charge is 0.350 e. The molecule has 1 aliphatic heterocycles. The van der Waals surface area contributed by atoms with Crippen molar-refractivity contribution in [2.45, 2.75) is 50.4 Å². The van der Waals surface area contributed by atoms with E-state index < -0.39 is 48.3 Å². The normalized spacial score (nSPS) is 21.3. The van der Waals surface area contributed by atoms with Crippen LogP contribution in [0.1, 0.15) is 52.4 Å². The monoisotopic (exact) mass is 564 g/mol. The summed E-state index contributed by atoms with van der Waals surface area (Å²) in [6, 6.07) is 18.2. The molecule has 3 aromatic rings. The molecule has 0 bridgehead atoms. The van der Waals surface area contributed by atoms with Crippen molar-refractivity contribution in [1.29, 1.82) is 0 Å². The van der Waals surface area contributed by atoms with Crippen molar-refractivity contribution < 1.29 is 38.7 Å². The number of methoxy groups -OCH3 is 1. The number of nitrogens with zero attached hydrogens (tertiary/aromatic N) is 2. The van der Waals surface area contributed by atoms with E-state index in [1.54, 1.807) is 67.6 Å². The molecule has 2 heterocycles. The Bertz CT molecular complexity index is 1410. The van der Waals surface area contributed by atoms with Gasteiger partial charge < -0.3 is 29.2 Å². The van der Waals surface area contributed by atoms with Gasteiger partial charge in [-0.3, -0.25) is 4.57 Å². The van der Waals surface area contributed by atoms with E-state index in [-0.39, 0.29) is 24.5 Å². The number of hydrogen-bond acceptors (Lipinski definition) is 10. The summed E-state index contributed by atoms with van der Waals surface area (Å²) in [7, 11) is 1.39. The largest absolute Gasteiger partial charge is 0.512 e. The number of esters is 2. The van der Waals surface area contributed by atoms with E-state index in [9.17, 15) is 24.6 Å². The van der Waals surface area contributed by atoms with Crippen LogP contribution in [-0.4, -0.2) is 69.8 Å². The highest BCUT2D eigenvalue weighted by Crippen LogP contribution is 2.33. The third kappa shape index (κ3) is 7.66. The molecular formula is C30H32N2O9. The summed E-state index contributed by atoms with van der Waals surface area (Å²) < 4.78 is 24.2. The zero-order valence-electron chi connectivity index (χ0n) is 22.7. The predicted molar refractivity (Wildman–Crippen MR) is 147 cm³/mol. The van der Waals surface area contributed by atoms with Crippen LogP contribution >= 0.6 is 0 Å². The first kappa shape index (κ1) is 29.7. The maximum absolute atomic E-state index is 13.0. The van der Waals surface area contributed by atoms with Gasteiger partial charge in [-0.1, -0.05) is 36.4 Å². The van der Waals surface area contributed by atoms with Crippen LogP contribution in [0.3, 0.4) is 0 Å². The summed E-state index contributed by atoms with van der Waals surface area (Å²) in [6.45, 7) is 1.33. The Hall–Kier alpha value is -4.32. The molecule has 5 atom stereocenters. The molecule has 1 fully saturated rings. The van der Waals surface area contributed by atoms with Crippen LogP contribution in [0.4, 0.5) is 0 Å². The summed E-state index contributed by atoms with van der Waals surface area (Å²) in [4.78, 5) is 42.6. The van der Waals surface area contributed by atoms with Crippen molar-refractivity contribution in [2.75, 3.05) is 13.7 Å². The van der Waals surface area contributed by atoms with Crippen LogP contribution in [0, 0.1) is 0 Å². The highest BCUT2D eigenvalue weighted by Gasteiger charge is 2.49. The number of hydrogen-bond donors (Lipinski definition) is 2. The first-order valence-electron chi connectivity index (χ1n) is 13.1. The molecule has 11 nitrogen and oxygen atoms in total. The molecule has 0 radical (unpaired) electrons. The van der Waals surface area contributed by atoms with Gasteiger partial charge in [0.1, 0.15) is 18.8 Å². The van der Waals surface area contributed by atoms with E-state index in [1.807, 2.05) is 0 Å². The lowest BCUT2D eigenvalue weighted by atomic mass is 10.1. The van der Waals surface area contributed by atoms with Crippen molar-refractivity contribution in [3.63, 3.8) is 0 Å². The standard InChI is InChI=1S/C30H32N2O9/c1-19(33)13-14-23(34)17-22-15-16-32(30(37)31-22)27-26(38-2)25(41-29(36)21-11-7-4-8-12-21)24(40-27)18-39-28(35)20-9-5-3-6-10-20/h3-12,15-17,19,24-27,33-34H,13-14,18H2,1-2H3/b23-17-/t19?,24-,25-,26-,27-/m1/s1. The molecule has 4 rings (SSSR count). The zero-order valence-corrected chi connectivity index (χ0v) is 22.7. The lowest BCUT2D eigenvalue weighted by molar-refractivity contribution is -0.0657. The summed E-state index contributed by atoms with van der Waals surface area (Å²) >= 11 is 0. The predicted octanol–water partition coefficient (Wildman–Crippen LogP) is 3.30. The maximum Gasteiger partial charge on any atom is 0.350 e. The molecule has 1 aromatic heterocycles. The minimum Gasteiger partial charge on any atom is -0.512 e. The number of rotatable bonds is 11. The van der Waals surface area contributed by atoms with Gasteiger partial charge >= 0.3 is 17.6 Å². The van der Waals surface area contributed by atoms with Gasteiger partial charge in [0.2, 0.25) is 0 Å². The zero-order chi connectivity index (χ0) is 29.4. The average Bonchev–Trinajstić information content (AvgIpc) is 3.32. The molecule has 1 aliphatic rings. The van der Waals surface area contributed by atoms with E-state index in [1.165, 1.54) is 30.0 Å². The fraction of sp³-hybridized carbons (Fsp3) is 0.333. The highest BCUT2D eigenvalue weighted by atomic mass is 16.6. The van der Waals surface area contributed by atoms with Crippen molar-refractivity contribution in [3.8, 4) is 0 Å². The van der Waals surface area contributed by atoms with E-state index >= 15 is 0 Å². The highest BCUT2D eigenvalue weighted by molar-refractivity contribution is 5.90. The van der Waals surface area contributed by atoms with Gasteiger partial charge in [-0.2, -0.15) is 4.98 Å². The van der Waals surface area contributed by atoms with Crippen LogP contribution in [0.2, 0.25) is 0 Å². The molecule has 1 saturated heterocycles. The van der Waals surface area contributed by atoms with Crippen molar-refractivity contribution in [2.24, 2.45) is 0 Å². The Balaban J connectivity index is 1.57. The lowest BCUT2D eigenvalue weighted by Gasteiger charge is -2.23. The summed E-state index contributed by atoms with van der Waals surface area (Å²) in [6.07, 6.45) is -1.29. The van der Waals surface area contributed by atoms with Gasteiger partial charge in [0.25, 0.3) is 0 Å². The van der Waals surface area contributed by atoms with Crippen LogP contribution in [0.25, 0.3) is 6.08 Å². The van der Waals surface area contributed by atoms with Gasteiger partial charge in [0.05, 0.1) is 28.7 Å². The number of aliphatic hydroxyl groups is 2. The Morgan fingerprint density at radius 1 is 1.02 bits per heavy atom. The average molecular weight is 565 g/mol. The quantitative estimate of drug-likeness (QED) is 0.263. The first-order chi connectivity index (χ1) is 19.8. The SMILES string of the molecule is CO[C@@H]1[C@H](OC(=O)c2ccccc2)[C@@H](COC(=O)c2ccccc2)O[C@H]1n1ccc(/C=C(\O)CCC(C)O)nc1=O. The van der Waals surface area contributed by atoms with Crippen molar-refractivity contribution in [3.05, 3.63) is 106 Å². The Morgan fingerprint density at radius 2 is 1.66 bits per heavy atom. The van der Waals surface area contributed by atoms with Crippen LogP contribution in [-0.2, 0) is 18.9 Å². The number of aromatic nitrogens is 2. The molecule has 0 aliphatic carbocycles. The molecule has 2 N–H and O–H groups in total. The molecular weight excluding hydrogens is 532 g/mol. The number of carbonyl (C=O) groups is 2. The Kier molecular flexibility index (Phi) is 10.0. The summed E-state index contributed by atoms with van der Waals surface area (Å²) in [5.41, 5.74) is 0.144. The van der Waals surface area contributed by atoms with Gasteiger partial charge in [0.15, 0.2) is 12.3 Å². The van der Waals surface area contributed by atoms with Crippen LogP contribution in [0.15, 0.2) is 83.5 Å². The van der Waals surface area contributed by atoms with Crippen LogP contribution < -0.4 is 5.69 Å².